The molecule has 6 heteroatoms. The van der Waals surface area contributed by atoms with E-state index < -0.39 is 6.10 Å². The average molecular weight is 287 g/mol. The van der Waals surface area contributed by atoms with Gasteiger partial charge in [-0.2, -0.15) is 5.10 Å². The van der Waals surface area contributed by atoms with Gasteiger partial charge in [-0.3, -0.25) is 9.59 Å². The van der Waals surface area contributed by atoms with Gasteiger partial charge in [0.05, 0.1) is 5.71 Å². The normalized spacial score (nSPS) is 24.5. The summed E-state index contributed by atoms with van der Waals surface area (Å²) in [4.78, 5) is 23.1. The van der Waals surface area contributed by atoms with E-state index in [1.807, 2.05) is 24.3 Å². The summed E-state index contributed by atoms with van der Waals surface area (Å²) in [6, 6.07) is 7.45. The summed E-state index contributed by atoms with van der Waals surface area (Å²) < 4.78 is 4.96. The number of rotatable bonds is 4. The minimum atomic E-state index is -0.491. The molecule has 3 unspecified atom stereocenters. The largest absolute Gasteiger partial charge is 0.372 e. The van der Waals surface area contributed by atoms with Crippen LogP contribution < -0.4 is 10.7 Å². The number of hydrogen-bond donors (Lipinski definition) is 2. The Hall–Kier alpha value is -2.21. The standard InChI is InChI=1S/C15H17N3O3/c1-8(21-2)14(19)16-10-5-3-9(4-6-10)13-11-7-12(11)15(20)18-17-13/h3-6,8,11-12H,7H2,1-2H3,(H,16,19)(H,18,20). The monoisotopic (exact) mass is 287 g/mol. The second-order valence-electron chi connectivity index (χ2n) is 5.37. The lowest BCUT2D eigenvalue weighted by molar-refractivity contribution is -0.124. The van der Waals surface area contributed by atoms with Crippen LogP contribution in [0.2, 0.25) is 0 Å². The van der Waals surface area contributed by atoms with Gasteiger partial charge in [0.2, 0.25) is 5.91 Å². The number of ether oxygens (including phenoxy) is 1. The van der Waals surface area contributed by atoms with E-state index in [-0.39, 0.29) is 23.7 Å². The summed E-state index contributed by atoms with van der Waals surface area (Å²) in [6.07, 6.45) is 0.379. The van der Waals surface area contributed by atoms with Crippen LogP contribution in [0.15, 0.2) is 29.4 Å². The van der Waals surface area contributed by atoms with Crippen LogP contribution in [0.1, 0.15) is 18.9 Å². The lowest BCUT2D eigenvalue weighted by Gasteiger charge is -2.13. The molecule has 1 fully saturated rings. The summed E-state index contributed by atoms with van der Waals surface area (Å²) in [7, 11) is 1.49. The molecular weight excluding hydrogens is 270 g/mol. The number of fused-ring (bicyclic) bond motifs is 1. The van der Waals surface area contributed by atoms with Gasteiger partial charge in [-0.15, -0.1) is 0 Å². The van der Waals surface area contributed by atoms with Crippen molar-refractivity contribution in [2.24, 2.45) is 16.9 Å². The summed E-state index contributed by atoms with van der Waals surface area (Å²) in [6.45, 7) is 1.69. The van der Waals surface area contributed by atoms with Crippen molar-refractivity contribution < 1.29 is 14.3 Å². The minimum Gasteiger partial charge on any atom is -0.372 e. The van der Waals surface area contributed by atoms with Crippen molar-refractivity contribution >= 4 is 23.2 Å². The van der Waals surface area contributed by atoms with Crippen molar-refractivity contribution in [3.05, 3.63) is 29.8 Å². The molecule has 21 heavy (non-hydrogen) atoms. The Balaban J connectivity index is 1.70. The van der Waals surface area contributed by atoms with Gasteiger partial charge in [-0.05, 0) is 31.0 Å². The van der Waals surface area contributed by atoms with E-state index in [0.717, 1.165) is 17.7 Å². The molecule has 1 aromatic carbocycles. The second-order valence-corrected chi connectivity index (χ2v) is 5.37. The number of benzene rings is 1. The van der Waals surface area contributed by atoms with Crippen LogP contribution in [0.3, 0.4) is 0 Å². The number of carbonyl (C=O) groups excluding carboxylic acids is 2. The molecule has 6 nitrogen and oxygen atoms in total. The second kappa shape index (κ2) is 5.29. The maximum atomic E-state index is 11.7. The molecule has 3 rings (SSSR count). The SMILES string of the molecule is COC(C)C(=O)Nc1ccc(C2=NNC(=O)C3CC23)cc1. The molecule has 1 saturated carbocycles. The van der Waals surface area contributed by atoms with E-state index in [9.17, 15) is 9.59 Å². The molecule has 1 aliphatic carbocycles. The van der Waals surface area contributed by atoms with Gasteiger partial charge in [-0.25, -0.2) is 5.43 Å². The molecule has 3 atom stereocenters. The van der Waals surface area contributed by atoms with Crippen LogP contribution in [0, 0.1) is 11.8 Å². The molecule has 2 N–H and O–H groups in total. The highest BCUT2D eigenvalue weighted by molar-refractivity contribution is 6.09. The van der Waals surface area contributed by atoms with Crippen molar-refractivity contribution in [3.8, 4) is 0 Å². The third-order valence-corrected chi connectivity index (χ3v) is 3.94. The number of nitrogens with zero attached hydrogens (tertiary/aromatic N) is 1. The van der Waals surface area contributed by atoms with Crippen molar-refractivity contribution in [3.63, 3.8) is 0 Å². The van der Waals surface area contributed by atoms with Crippen LogP contribution in [0.4, 0.5) is 5.69 Å². The van der Waals surface area contributed by atoms with Crippen LogP contribution >= 0.6 is 0 Å². The minimum absolute atomic E-state index is 0.0150. The van der Waals surface area contributed by atoms with E-state index in [1.54, 1.807) is 6.92 Å². The number of hydrazone groups is 1. The number of nitrogens with one attached hydrogen (secondary N) is 2. The first-order valence-corrected chi connectivity index (χ1v) is 6.91. The number of amides is 2. The van der Waals surface area contributed by atoms with Crippen molar-refractivity contribution in [1.29, 1.82) is 0 Å². The molecular formula is C15H17N3O3. The van der Waals surface area contributed by atoms with Gasteiger partial charge in [0.15, 0.2) is 0 Å². The molecule has 1 aromatic rings. The number of methoxy groups -OCH3 is 1. The first-order valence-electron chi connectivity index (χ1n) is 6.91. The van der Waals surface area contributed by atoms with Gasteiger partial charge < -0.3 is 10.1 Å². The van der Waals surface area contributed by atoms with E-state index >= 15 is 0 Å². The molecule has 0 saturated heterocycles. The Bertz CT molecular complexity index is 609. The quantitative estimate of drug-likeness (QED) is 0.871. The molecule has 2 amide bonds. The van der Waals surface area contributed by atoms with E-state index in [0.29, 0.717) is 5.69 Å². The molecule has 0 radical (unpaired) electrons. The highest BCUT2D eigenvalue weighted by Crippen LogP contribution is 2.43. The maximum absolute atomic E-state index is 11.7. The van der Waals surface area contributed by atoms with Crippen molar-refractivity contribution in [2.75, 3.05) is 12.4 Å². The molecule has 0 spiro atoms. The van der Waals surface area contributed by atoms with Crippen molar-refractivity contribution in [1.82, 2.24) is 5.43 Å². The number of hydrogen-bond acceptors (Lipinski definition) is 4. The van der Waals surface area contributed by atoms with Gasteiger partial charge >= 0.3 is 0 Å². The van der Waals surface area contributed by atoms with Gasteiger partial charge in [0.1, 0.15) is 6.10 Å². The molecule has 110 valence electrons. The van der Waals surface area contributed by atoms with Crippen LogP contribution in [-0.2, 0) is 14.3 Å². The first kappa shape index (κ1) is 13.8. The predicted molar refractivity (Wildman–Crippen MR) is 77.8 cm³/mol. The Morgan fingerprint density at radius 2 is 2.10 bits per heavy atom. The maximum Gasteiger partial charge on any atom is 0.253 e. The summed E-state index contributed by atoms with van der Waals surface area (Å²) >= 11 is 0. The lowest BCUT2D eigenvalue weighted by atomic mass is 10.0. The summed E-state index contributed by atoms with van der Waals surface area (Å²) in [5.41, 5.74) is 5.15. The van der Waals surface area contributed by atoms with Crippen LogP contribution in [-0.4, -0.2) is 30.7 Å². The lowest BCUT2D eigenvalue weighted by Crippen LogP contribution is -2.29. The zero-order chi connectivity index (χ0) is 15.0. The first-order chi connectivity index (χ1) is 10.1. The van der Waals surface area contributed by atoms with E-state index in [1.165, 1.54) is 7.11 Å². The highest BCUT2D eigenvalue weighted by atomic mass is 16.5. The molecule has 1 aliphatic heterocycles. The molecule has 0 bridgehead atoms. The Kier molecular flexibility index (Phi) is 3.47. The van der Waals surface area contributed by atoms with Gasteiger partial charge in [0, 0.05) is 24.6 Å². The Labute approximate surface area is 122 Å². The molecule has 0 aromatic heterocycles. The van der Waals surface area contributed by atoms with E-state index in [2.05, 4.69) is 15.8 Å². The summed E-state index contributed by atoms with van der Waals surface area (Å²) in [5, 5.41) is 6.92. The fourth-order valence-electron chi connectivity index (χ4n) is 2.42. The van der Waals surface area contributed by atoms with E-state index in [4.69, 9.17) is 4.74 Å². The molecule has 2 aliphatic rings. The zero-order valence-corrected chi connectivity index (χ0v) is 11.9. The van der Waals surface area contributed by atoms with Crippen LogP contribution in [0.5, 0.6) is 0 Å². The third-order valence-electron chi connectivity index (χ3n) is 3.94. The smallest absolute Gasteiger partial charge is 0.253 e. The zero-order valence-electron chi connectivity index (χ0n) is 11.9. The van der Waals surface area contributed by atoms with Crippen LogP contribution in [0.25, 0.3) is 0 Å². The topological polar surface area (TPSA) is 79.8 Å². The fraction of sp³-hybridized carbons (Fsp3) is 0.400. The summed E-state index contributed by atoms with van der Waals surface area (Å²) in [5.74, 6) is 0.156. The predicted octanol–water partition coefficient (Wildman–Crippen LogP) is 1.13. The van der Waals surface area contributed by atoms with Gasteiger partial charge in [0.25, 0.3) is 5.91 Å². The Morgan fingerprint density at radius 3 is 2.76 bits per heavy atom. The number of anilines is 1. The fourth-order valence-corrected chi connectivity index (χ4v) is 2.42. The highest BCUT2D eigenvalue weighted by Gasteiger charge is 2.49. The number of carbonyl (C=O) groups is 2. The average Bonchev–Trinajstić information content (AvgIpc) is 3.29. The van der Waals surface area contributed by atoms with Crippen molar-refractivity contribution in [2.45, 2.75) is 19.4 Å². The van der Waals surface area contributed by atoms with Gasteiger partial charge in [-0.1, -0.05) is 12.1 Å². The third kappa shape index (κ3) is 2.67. The Morgan fingerprint density at radius 1 is 1.38 bits per heavy atom. The molecule has 1 heterocycles.